The van der Waals surface area contributed by atoms with E-state index in [0.717, 1.165) is 0 Å². The zero-order chi connectivity index (χ0) is 10.8. The fourth-order valence-electron chi connectivity index (χ4n) is 2.66. The van der Waals surface area contributed by atoms with E-state index in [1.807, 2.05) is 0 Å². The van der Waals surface area contributed by atoms with Crippen LogP contribution in [0.5, 0.6) is 0 Å². The maximum Gasteiger partial charge on any atom is 0.130 e. The van der Waals surface area contributed by atoms with Gasteiger partial charge in [-0.2, -0.15) is 0 Å². The largest absolute Gasteiger partial charge is 0.357 e. The summed E-state index contributed by atoms with van der Waals surface area (Å²) in [7, 11) is 0. The van der Waals surface area contributed by atoms with Gasteiger partial charge in [0.25, 0.3) is 0 Å². The molecule has 0 saturated carbocycles. The normalized spacial score (nSPS) is 20.8. The van der Waals surface area contributed by atoms with E-state index < -0.39 is 0 Å². The molecule has 16 heavy (non-hydrogen) atoms. The number of pyridine rings is 1. The van der Waals surface area contributed by atoms with Crippen molar-refractivity contribution in [2.75, 3.05) is 36.0 Å². The number of hydrogen-bond donors (Lipinski definition) is 0. The Morgan fingerprint density at radius 3 is 1.62 bits per heavy atom. The first-order valence-corrected chi connectivity index (χ1v) is 6.40. The topological polar surface area (TPSA) is 19.4 Å². The van der Waals surface area contributed by atoms with Crippen LogP contribution in [0.1, 0.15) is 25.7 Å². The van der Waals surface area contributed by atoms with Crippen molar-refractivity contribution in [2.24, 2.45) is 0 Å². The molecular formula is C13H19N3. The third-order valence-corrected chi connectivity index (χ3v) is 3.58. The summed E-state index contributed by atoms with van der Waals surface area (Å²) < 4.78 is 0. The van der Waals surface area contributed by atoms with Crippen LogP contribution in [0.25, 0.3) is 0 Å². The highest BCUT2D eigenvalue weighted by Crippen LogP contribution is 2.23. The van der Waals surface area contributed by atoms with Crippen molar-refractivity contribution in [1.29, 1.82) is 0 Å². The Bertz CT molecular complexity index is 321. The first-order valence-electron chi connectivity index (χ1n) is 6.40. The molecule has 2 aliphatic rings. The third kappa shape index (κ3) is 1.86. The lowest BCUT2D eigenvalue weighted by atomic mass is 10.4. The van der Waals surface area contributed by atoms with E-state index in [-0.39, 0.29) is 0 Å². The van der Waals surface area contributed by atoms with E-state index in [1.54, 1.807) is 0 Å². The van der Waals surface area contributed by atoms with E-state index in [4.69, 9.17) is 4.98 Å². The Hall–Kier alpha value is -1.25. The Morgan fingerprint density at radius 1 is 0.750 bits per heavy atom. The van der Waals surface area contributed by atoms with Crippen LogP contribution in [0.2, 0.25) is 0 Å². The third-order valence-electron chi connectivity index (χ3n) is 3.58. The second-order valence-electron chi connectivity index (χ2n) is 4.74. The zero-order valence-corrected chi connectivity index (χ0v) is 9.73. The fourth-order valence-corrected chi connectivity index (χ4v) is 2.66. The molecule has 86 valence electrons. The molecule has 0 amide bonds. The molecule has 0 N–H and O–H groups in total. The average molecular weight is 217 g/mol. The van der Waals surface area contributed by atoms with Crippen molar-refractivity contribution in [3.63, 3.8) is 0 Å². The second kappa shape index (κ2) is 4.32. The molecule has 2 aliphatic heterocycles. The summed E-state index contributed by atoms with van der Waals surface area (Å²) in [5.41, 5.74) is 0. The van der Waals surface area contributed by atoms with Crippen molar-refractivity contribution in [1.82, 2.24) is 4.98 Å². The minimum atomic E-state index is 1.17. The minimum absolute atomic E-state index is 1.17. The van der Waals surface area contributed by atoms with E-state index in [0.29, 0.717) is 0 Å². The van der Waals surface area contributed by atoms with Gasteiger partial charge < -0.3 is 9.80 Å². The molecule has 0 aliphatic carbocycles. The van der Waals surface area contributed by atoms with Gasteiger partial charge in [-0.3, -0.25) is 0 Å². The smallest absolute Gasteiger partial charge is 0.130 e. The van der Waals surface area contributed by atoms with Crippen LogP contribution < -0.4 is 9.80 Å². The van der Waals surface area contributed by atoms with E-state index in [9.17, 15) is 0 Å². The Balaban J connectivity index is 1.81. The highest BCUT2D eigenvalue weighted by atomic mass is 15.3. The molecule has 3 nitrogen and oxygen atoms in total. The SMILES string of the molecule is c1cc(N2CCCC2)nc(N2CCCC2)c1. The van der Waals surface area contributed by atoms with Crippen LogP contribution >= 0.6 is 0 Å². The molecule has 3 heterocycles. The lowest BCUT2D eigenvalue weighted by Crippen LogP contribution is -2.22. The fraction of sp³-hybridized carbons (Fsp3) is 0.615. The number of hydrogen-bond acceptors (Lipinski definition) is 3. The first-order chi connectivity index (χ1) is 7.93. The molecule has 0 bridgehead atoms. The van der Waals surface area contributed by atoms with E-state index >= 15 is 0 Å². The molecule has 2 saturated heterocycles. The number of rotatable bonds is 2. The zero-order valence-electron chi connectivity index (χ0n) is 9.73. The van der Waals surface area contributed by atoms with Crippen molar-refractivity contribution in [2.45, 2.75) is 25.7 Å². The van der Waals surface area contributed by atoms with Gasteiger partial charge in [0.1, 0.15) is 11.6 Å². The van der Waals surface area contributed by atoms with Gasteiger partial charge in [-0.15, -0.1) is 0 Å². The van der Waals surface area contributed by atoms with Crippen LogP contribution in [0.15, 0.2) is 18.2 Å². The van der Waals surface area contributed by atoms with Crippen LogP contribution in [0.3, 0.4) is 0 Å². The van der Waals surface area contributed by atoms with Crippen molar-refractivity contribution >= 4 is 11.6 Å². The van der Waals surface area contributed by atoms with E-state index in [2.05, 4.69) is 28.0 Å². The lowest BCUT2D eigenvalue weighted by molar-refractivity contribution is 0.901. The number of nitrogens with zero attached hydrogens (tertiary/aromatic N) is 3. The molecule has 0 spiro atoms. The van der Waals surface area contributed by atoms with Crippen molar-refractivity contribution in [3.05, 3.63) is 18.2 Å². The molecule has 3 rings (SSSR count). The van der Waals surface area contributed by atoms with Crippen molar-refractivity contribution < 1.29 is 0 Å². The summed E-state index contributed by atoms with van der Waals surface area (Å²) in [6.07, 6.45) is 5.26. The predicted molar refractivity (Wildman–Crippen MR) is 67.1 cm³/mol. The first kappa shape index (κ1) is 9.94. The second-order valence-corrected chi connectivity index (χ2v) is 4.74. The molecule has 0 unspecified atom stereocenters. The Labute approximate surface area is 97.1 Å². The summed E-state index contributed by atoms with van der Waals surface area (Å²) in [6.45, 7) is 4.71. The quantitative estimate of drug-likeness (QED) is 0.757. The summed E-state index contributed by atoms with van der Waals surface area (Å²) in [5.74, 6) is 2.34. The van der Waals surface area contributed by atoms with E-state index in [1.165, 1.54) is 63.5 Å². The predicted octanol–water partition coefficient (Wildman–Crippen LogP) is 2.28. The molecule has 2 fully saturated rings. The molecular weight excluding hydrogens is 198 g/mol. The van der Waals surface area contributed by atoms with Gasteiger partial charge in [0, 0.05) is 26.2 Å². The van der Waals surface area contributed by atoms with Crippen molar-refractivity contribution in [3.8, 4) is 0 Å². The Morgan fingerprint density at radius 2 is 1.19 bits per heavy atom. The lowest BCUT2D eigenvalue weighted by Gasteiger charge is -2.21. The standard InChI is InChI=1S/C13H19N3/c1-2-9-15(8-1)12-6-5-7-13(14-12)16-10-3-4-11-16/h5-7H,1-4,8-11H2. The molecule has 0 aromatic carbocycles. The number of anilines is 2. The number of aromatic nitrogens is 1. The van der Waals surface area contributed by atoms with Crippen LogP contribution in [0, 0.1) is 0 Å². The van der Waals surface area contributed by atoms with Gasteiger partial charge in [-0.25, -0.2) is 4.98 Å². The molecule has 1 aromatic rings. The highest BCUT2D eigenvalue weighted by molar-refractivity contribution is 5.49. The molecule has 3 heteroatoms. The van der Waals surface area contributed by atoms with Gasteiger partial charge in [-0.05, 0) is 37.8 Å². The average Bonchev–Trinajstić information content (AvgIpc) is 3.03. The molecule has 0 atom stereocenters. The monoisotopic (exact) mass is 217 g/mol. The van der Waals surface area contributed by atoms with Crippen LogP contribution in [-0.4, -0.2) is 31.2 Å². The Kier molecular flexibility index (Phi) is 2.68. The van der Waals surface area contributed by atoms with Gasteiger partial charge in [-0.1, -0.05) is 6.07 Å². The van der Waals surface area contributed by atoms with Gasteiger partial charge in [0.15, 0.2) is 0 Å². The van der Waals surface area contributed by atoms with Crippen LogP contribution in [-0.2, 0) is 0 Å². The van der Waals surface area contributed by atoms with Gasteiger partial charge >= 0.3 is 0 Å². The summed E-state index contributed by atoms with van der Waals surface area (Å²) >= 11 is 0. The highest BCUT2D eigenvalue weighted by Gasteiger charge is 2.17. The summed E-state index contributed by atoms with van der Waals surface area (Å²) in [4.78, 5) is 9.59. The van der Waals surface area contributed by atoms with Gasteiger partial charge in [0.05, 0.1) is 0 Å². The maximum absolute atomic E-state index is 4.79. The summed E-state index contributed by atoms with van der Waals surface area (Å²) in [6, 6.07) is 6.43. The maximum atomic E-state index is 4.79. The molecule has 0 radical (unpaired) electrons. The van der Waals surface area contributed by atoms with Crippen LogP contribution in [0.4, 0.5) is 11.6 Å². The van der Waals surface area contributed by atoms with Gasteiger partial charge in [0.2, 0.25) is 0 Å². The minimum Gasteiger partial charge on any atom is -0.357 e. The summed E-state index contributed by atoms with van der Waals surface area (Å²) in [5, 5.41) is 0. The molecule has 1 aromatic heterocycles.